The molecule has 1 heterocycles. The third kappa shape index (κ3) is 3.49. The second kappa shape index (κ2) is 4.88. The second-order valence-electron chi connectivity index (χ2n) is 3.10. The van der Waals surface area contributed by atoms with E-state index in [1.165, 1.54) is 5.56 Å². The summed E-state index contributed by atoms with van der Waals surface area (Å²) in [5, 5.41) is 9.02. The van der Waals surface area contributed by atoms with Crippen molar-refractivity contribution in [2.24, 2.45) is 0 Å². The molecule has 66 valence electrons. The molecule has 0 bridgehead atoms. The van der Waals surface area contributed by atoms with Gasteiger partial charge in [0.2, 0.25) is 0 Å². The smallest absolute Gasteiger partial charge is 0.0512 e. The average molecular weight is 165 g/mol. The molecule has 0 aromatic carbocycles. The van der Waals surface area contributed by atoms with E-state index in [1.54, 1.807) is 12.4 Å². The minimum absolute atomic E-state index is 0.174. The van der Waals surface area contributed by atoms with E-state index in [2.05, 4.69) is 4.98 Å². The topological polar surface area (TPSA) is 33.1 Å². The van der Waals surface area contributed by atoms with Crippen molar-refractivity contribution >= 4 is 0 Å². The van der Waals surface area contributed by atoms with Gasteiger partial charge >= 0.3 is 0 Å². The van der Waals surface area contributed by atoms with Crippen molar-refractivity contribution < 1.29 is 5.11 Å². The molecule has 0 aliphatic carbocycles. The van der Waals surface area contributed by atoms with Gasteiger partial charge in [-0.25, -0.2) is 0 Å². The zero-order valence-electron chi connectivity index (χ0n) is 7.40. The van der Waals surface area contributed by atoms with Gasteiger partial charge in [0.05, 0.1) is 6.10 Å². The lowest BCUT2D eigenvalue weighted by Gasteiger charge is -2.02. The molecule has 1 aromatic heterocycles. The largest absolute Gasteiger partial charge is 0.393 e. The number of aliphatic hydroxyl groups is 1. The SMILES string of the molecule is C[C@@H](O)CCCc1ccncc1. The summed E-state index contributed by atoms with van der Waals surface area (Å²) < 4.78 is 0. The molecular weight excluding hydrogens is 150 g/mol. The lowest BCUT2D eigenvalue weighted by molar-refractivity contribution is 0.182. The van der Waals surface area contributed by atoms with E-state index in [1.807, 2.05) is 19.1 Å². The van der Waals surface area contributed by atoms with E-state index < -0.39 is 0 Å². The molecule has 12 heavy (non-hydrogen) atoms. The Balaban J connectivity index is 2.25. The van der Waals surface area contributed by atoms with Crippen molar-refractivity contribution in [2.75, 3.05) is 0 Å². The van der Waals surface area contributed by atoms with Crippen molar-refractivity contribution in [1.82, 2.24) is 4.98 Å². The molecule has 0 aliphatic rings. The van der Waals surface area contributed by atoms with Crippen LogP contribution < -0.4 is 0 Å². The van der Waals surface area contributed by atoms with Crippen molar-refractivity contribution in [3.05, 3.63) is 30.1 Å². The first-order valence-electron chi connectivity index (χ1n) is 4.36. The molecule has 0 fully saturated rings. The minimum atomic E-state index is -0.174. The summed E-state index contributed by atoms with van der Waals surface area (Å²) in [6.07, 6.45) is 6.39. The van der Waals surface area contributed by atoms with Gasteiger partial charge < -0.3 is 5.11 Å². The van der Waals surface area contributed by atoms with E-state index in [-0.39, 0.29) is 6.10 Å². The van der Waals surface area contributed by atoms with Gasteiger partial charge in [-0.1, -0.05) is 0 Å². The summed E-state index contributed by atoms with van der Waals surface area (Å²) in [4.78, 5) is 3.94. The average Bonchev–Trinajstić information content (AvgIpc) is 2.05. The Morgan fingerprint density at radius 2 is 2.08 bits per heavy atom. The predicted molar refractivity (Wildman–Crippen MR) is 48.9 cm³/mol. The van der Waals surface area contributed by atoms with Crippen LogP contribution in [0, 0.1) is 0 Å². The fourth-order valence-corrected chi connectivity index (χ4v) is 1.15. The van der Waals surface area contributed by atoms with E-state index in [9.17, 15) is 0 Å². The molecule has 0 saturated carbocycles. The number of aliphatic hydroxyl groups excluding tert-OH is 1. The van der Waals surface area contributed by atoms with Gasteiger partial charge in [-0.3, -0.25) is 4.98 Å². The van der Waals surface area contributed by atoms with Crippen molar-refractivity contribution in [3.8, 4) is 0 Å². The van der Waals surface area contributed by atoms with Crippen LogP contribution in [0.3, 0.4) is 0 Å². The monoisotopic (exact) mass is 165 g/mol. The number of nitrogens with zero attached hydrogens (tertiary/aromatic N) is 1. The summed E-state index contributed by atoms with van der Waals surface area (Å²) in [6, 6.07) is 4.03. The maximum absolute atomic E-state index is 9.02. The van der Waals surface area contributed by atoms with Crippen LogP contribution in [0.4, 0.5) is 0 Å². The first-order valence-corrected chi connectivity index (χ1v) is 4.36. The molecule has 0 aliphatic heterocycles. The molecule has 2 heteroatoms. The first-order chi connectivity index (χ1) is 5.79. The van der Waals surface area contributed by atoms with Crippen LogP contribution in [-0.4, -0.2) is 16.2 Å². The van der Waals surface area contributed by atoms with Crippen LogP contribution in [0.25, 0.3) is 0 Å². The third-order valence-electron chi connectivity index (χ3n) is 1.84. The van der Waals surface area contributed by atoms with E-state index in [0.29, 0.717) is 0 Å². The number of aromatic nitrogens is 1. The highest BCUT2D eigenvalue weighted by molar-refractivity contribution is 5.09. The van der Waals surface area contributed by atoms with Gasteiger partial charge in [-0.15, -0.1) is 0 Å². The van der Waals surface area contributed by atoms with Crippen LogP contribution in [-0.2, 0) is 6.42 Å². The van der Waals surface area contributed by atoms with Gasteiger partial charge in [0.15, 0.2) is 0 Å². The molecule has 1 N–H and O–H groups in total. The van der Waals surface area contributed by atoms with Crippen molar-refractivity contribution in [1.29, 1.82) is 0 Å². The molecule has 1 rings (SSSR count). The van der Waals surface area contributed by atoms with Crippen LogP contribution >= 0.6 is 0 Å². The summed E-state index contributed by atoms with van der Waals surface area (Å²) in [7, 11) is 0. The van der Waals surface area contributed by atoms with Crippen LogP contribution in [0.2, 0.25) is 0 Å². The molecule has 0 unspecified atom stereocenters. The van der Waals surface area contributed by atoms with Crippen molar-refractivity contribution in [3.63, 3.8) is 0 Å². The van der Waals surface area contributed by atoms with Crippen LogP contribution in [0.1, 0.15) is 25.3 Å². The van der Waals surface area contributed by atoms with E-state index in [0.717, 1.165) is 19.3 Å². The molecule has 0 amide bonds. The van der Waals surface area contributed by atoms with Crippen LogP contribution in [0.15, 0.2) is 24.5 Å². The van der Waals surface area contributed by atoms with E-state index in [4.69, 9.17) is 5.11 Å². The highest BCUT2D eigenvalue weighted by atomic mass is 16.3. The standard InChI is InChI=1S/C10H15NO/c1-9(12)3-2-4-10-5-7-11-8-6-10/h5-9,12H,2-4H2,1H3/t9-/m1/s1. The fraction of sp³-hybridized carbons (Fsp3) is 0.500. The van der Waals surface area contributed by atoms with Gasteiger partial charge in [0, 0.05) is 12.4 Å². The summed E-state index contributed by atoms with van der Waals surface area (Å²) in [5.41, 5.74) is 1.30. The lowest BCUT2D eigenvalue weighted by Crippen LogP contribution is -1.99. The Labute approximate surface area is 73.3 Å². The zero-order valence-corrected chi connectivity index (χ0v) is 7.40. The Hall–Kier alpha value is -0.890. The third-order valence-corrected chi connectivity index (χ3v) is 1.84. The lowest BCUT2D eigenvalue weighted by atomic mass is 10.1. The van der Waals surface area contributed by atoms with Gasteiger partial charge in [-0.05, 0) is 43.9 Å². The Bertz CT molecular complexity index is 208. The summed E-state index contributed by atoms with van der Waals surface area (Å²) in [5.74, 6) is 0. The highest BCUT2D eigenvalue weighted by Crippen LogP contribution is 2.04. The number of aryl methyl sites for hydroxylation is 1. The minimum Gasteiger partial charge on any atom is -0.393 e. The van der Waals surface area contributed by atoms with Gasteiger partial charge in [0.1, 0.15) is 0 Å². The number of pyridine rings is 1. The van der Waals surface area contributed by atoms with E-state index >= 15 is 0 Å². The molecule has 1 atom stereocenters. The molecule has 2 nitrogen and oxygen atoms in total. The summed E-state index contributed by atoms with van der Waals surface area (Å²) in [6.45, 7) is 1.83. The maximum atomic E-state index is 9.02. The van der Waals surface area contributed by atoms with Gasteiger partial charge in [-0.2, -0.15) is 0 Å². The quantitative estimate of drug-likeness (QED) is 0.737. The molecular formula is C10H15NO. The van der Waals surface area contributed by atoms with Crippen molar-refractivity contribution in [2.45, 2.75) is 32.3 Å². The maximum Gasteiger partial charge on any atom is 0.0512 e. The normalized spacial score (nSPS) is 12.8. The van der Waals surface area contributed by atoms with Gasteiger partial charge in [0.25, 0.3) is 0 Å². The van der Waals surface area contributed by atoms with Crippen LogP contribution in [0.5, 0.6) is 0 Å². The second-order valence-corrected chi connectivity index (χ2v) is 3.10. The number of hydrogen-bond acceptors (Lipinski definition) is 2. The summed E-state index contributed by atoms with van der Waals surface area (Å²) >= 11 is 0. The molecule has 0 saturated heterocycles. The zero-order chi connectivity index (χ0) is 8.81. The predicted octanol–water partition coefficient (Wildman–Crippen LogP) is 1.79. The fourth-order valence-electron chi connectivity index (χ4n) is 1.15. The molecule has 0 spiro atoms. The molecule has 1 aromatic rings. The number of hydrogen-bond donors (Lipinski definition) is 1. The Kier molecular flexibility index (Phi) is 3.74. The Morgan fingerprint density at radius 1 is 1.42 bits per heavy atom. The Morgan fingerprint density at radius 3 is 2.67 bits per heavy atom. The first kappa shape index (κ1) is 9.20. The number of rotatable bonds is 4. The molecule has 0 radical (unpaired) electrons. The highest BCUT2D eigenvalue weighted by Gasteiger charge is 1.96.